The van der Waals surface area contributed by atoms with Crippen molar-refractivity contribution in [2.75, 3.05) is 13.1 Å². The fraction of sp³-hybridized carbons (Fsp3) is 1.00. The molecule has 2 aliphatic rings. The van der Waals surface area contributed by atoms with Crippen molar-refractivity contribution in [2.24, 2.45) is 5.18 Å². The third kappa shape index (κ3) is 1.57. The summed E-state index contributed by atoms with van der Waals surface area (Å²) >= 11 is 0. The molecule has 0 aromatic carbocycles. The van der Waals surface area contributed by atoms with E-state index in [9.17, 15) is 4.91 Å². The molecule has 0 radical (unpaired) electrons. The summed E-state index contributed by atoms with van der Waals surface area (Å²) in [5.74, 6) is 0. The van der Waals surface area contributed by atoms with E-state index in [1.54, 1.807) is 0 Å². The smallest absolute Gasteiger partial charge is 0.123 e. The van der Waals surface area contributed by atoms with E-state index in [4.69, 9.17) is 4.74 Å². The molecule has 0 aliphatic carbocycles. The van der Waals surface area contributed by atoms with Crippen LogP contribution in [0.3, 0.4) is 0 Å². The number of ether oxygens (including phenoxy) is 1. The van der Waals surface area contributed by atoms with Gasteiger partial charge in [0.25, 0.3) is 0 Å². The van der Waals surface area contributed by atoms with Crippen LogP contribution in [-0.2, 0) is 4.74 Å². The summed E-state index contributed by atoms with van der Waals surface area (Å²) in [4.78, 5) is 10.7. The van der Waals surface area contributed by atoms with Crippen LogP contribution in [0, 0.1) is 4.91 Å². The molecular weight excluding hydrogens is 180 g/mol. The summed E-state index contributed by atoms with van der Waals surface area (Å²) in [5.41, 5.74) is -0.452. The Hall–Kier alpha value is -0.480. The summed E-state index contributed by atoms with van der Waals surface area (Å²) in [6.07, 6.45) is 2.80. The number of nitrogens with one attached hydrogen (secondary N) is 1. The first kappa shape index (κ1) is 10.1. The summed E-state index contributed by atoms with van der Waals surface area (Å²) in [6.45, 7) is 5.91. The first-order chi connectivity index (χ1) is 6.58. The van der Waals surface area contributed by atoms with Crippen LogP contribution < -0.4 is 5.32 Å². The van der Waals surface area contributed by atoms with E-state index in [1.807, 2.05) is 13.8 Å². The van der Waals surface area contributed by atoms with Crippen LogP contribution in [-0.4, -0.2) is 30.3 Å². The lowest BCUT2D eigenvalue weighted by atomic mass is 9.87. The second-order valence-corrected chi connectivity index (χ2v) is 4.96. The fourth-order valence-corrected chi connectivity index (χ4v) is 2.62. The van der Waals surface area contributed by atoms with Gasteiger partial charge < -0.3 is 10.1 Å². The molecule has 0 aromatic rings. The molecular formula is C10H18N2O2. The number of rotatable bonds is 1. The van der Waals surface area contributed by atoms with Gasteiger partial charge in [-0.25, -0.2) is 0 Å². The van der Waals surface area contributed by atoms with Crippen LogP contribution in [0.4, 0.5) is 0 Å². The molecule has 2 fully saturated rings. The zero-order valence-corrected chi connectivity index (χ0v) is 8.88. The summed E-state index contributed by atoms with van der Waals surface area (Å²) in [7, 11) is 0. The van der Waals surface area contributed by atoms with Gasteiger partial charge in [0, 0.05) is 6.42 Å². The Kier molecular flexibility index (Phi) is 2.35. The Bertz CT molecular complexity index is 234. The Balaban J connectivity index is 2.13. The van der Waals surface area contributed by atoms with Crippen molar-refractivity contribution in [3.05, 3.63) is 4.91 Å². The van der Waals surface area contributed by atoms with E-state index in [1.165, 1.54) is 0 Å². The largest absolute Gasteiger partial charge is 0.367 e. The number of nitroso groups, excluding NO2 is 1. The van der Waals surface area contributed by atoms with E-state index in [-0.39, 0.29) is 17.2 Å². The number of nitrogens with zero attached hydrogens (tertiary/aromatic N) is 1. The minimum absolute atomic E-state index is 0.0761. The highest BCUT2D eigenvalue weighted by Crippen LogP contribution is 2.44. The topological polar surface area (TPSA) is 50.7 Å². The van der Waals surface area contributed by atoms with Gasteiger partial charge >= 0.3 is 0 Å². The minimum atomic E-state index is -0.376. The van der Waals surface area contributed by atoms with Gasteiger partial charge in [0.1, 0.15) is 6.04 Å². The van der Waals surface area contributed by atoms with Crippen LogP contribution >= 0.6 is 0 Å². The molecule has 1 atom stereocenters. The molecule has 2 aliphatic heterocycles. The second kappa shape index (κ2) is 3.28. The Morgan fingerprint density at radius 2 is 2.00 bits per heavy atom. The average molecular weight is 198 g/mol. The van der Waals surface area contributed by atoms with Gasteiger partial charge in [-0.3, -0.25) is 0 Å². The van der Waals surface area contributed by atoms with Gasteiger partial charge in [0.05, 0.1) is 11.2 Å². The van der Waals surface area contributed by atoms with Crippen molar-refractivity contribution in [2.45, 2.75) is 50.4 Å². The molecule has 80 valence electrons. The van der Waals surface area contributed by atoms with Crippen molar-refractivity contribution in [3.8, 4) is 0 Å². The van der Waals surface area contributed by atoms with Gasteiger partial charge in [-0.2, -0.15) is 4.91 Å². The standard InChI is InChI=1S/C10H18N2O2/c1-9(2)8(12-13)7-10(14-9)3-5-11-6-4-10/h8,11H,3-7H2,1-2H3. The van der Waals surface area contributed by atoms with Gasteiger partial charge in [-0.1, -0.05) is 5.18 Å². The molecule has 4 nitrogen and oxygen atoms in total. The lowest BCUT2D eigenvalue weighted by Crippen LogP contribution is -2.43. The van der Waals surface area contributed by atoms with Crippen LogP contribution in [0.15, 0.2) is 5.18 Å². The highest BCUT2D eigenvalue weighted by molar-refractivity contribution is 5.04. The quantitative estimate of drug-likeness (QED) is 0.649. The Labute approximate surface area is 84.4 Å². The van der Waals surface area contributed by atoms with E-state index < -0.39 is 0 Å². The van der Waals surface area contributed by atoms with Crippen molar-refractivity contribution in [1.29, 1.82) is 0 Å². The predicted molar refractivity (Wildman–Crippen MR) is 54.2 cm³/mol. The van der Waals surface area contributed by atoms with E-state index in [2.05, 4.69) is 10.5 Å². The van der Waals surface area contributed by atoms with E-state index in [0.717, 1.165) is 32.4 Å². The van der Waals surface area contributed by atoms with Gasteiger partial charge in [-0.15, -0.1) is 0 Å². The molecule has 0 bridgehead atoms. The molecule has 1 spiro atoms. The van der Waals surface area contributed by atoms with Crippen molar-refractivity contribution < 1.29 is 4.74 Å². The zero-order valence-electron chi connectivity index (χ0n) is 8.88. The highest BCUT2D eigenvalue weighted by atomic mass is 16.5. The molecule has 2 heterocycles. The second-order valence-electron chi connectivity index (χ2n) is 4.96. The maximum atomic E-state index is 10.7. The Morgan fingerprint density at radius 3 is 2.50 bits per heavy atom. The molecule has 0 amide bonds. The van der Waals surface area contributed by atoms with Crippen molar-refractivity contribution in [1.82, 2.24) is 5.32 Å². The van der Waals surface area contributed by atoms with Gasteiger partial charge in [0.2, 0.25) is 0 Å². The van der Waals surface area contributed by atoms with Gasteiger partial charge in [0.15, 0.2) is 0 Å². The maximum Gasteiger partial charge on any atom is 0.123 e. The summed E-state index contributed by atoms with van der Waals surface area (Å²) in [5, 5.41) is 6.50. The molecule has 0 saturated carbocycles. The first-order valence-corrected chi connectivity index (χ1v) is 5.31. The monoisotopic (exact) mass is 198 g/mol. The SMILES string of the molecule is CC1(C)OC2(CCNCC2)CC1N=O. The number of hydrogen-bond acceptors (Lipinski definition) is 4. The molecule has 0 aromatic heterocycles. The van der Waals surface area contributed by atoms with Crippen molar-refractivity contribution >= 4 is 0 Å². The minimum Gasteiger partial charge on any atom is -0.367 e. The molecule has 2 rings (SSSR count). The van der Waals surface area contributed by atoms with E-state index >= 15 is 0 Å². The average Bonchev–Trinajstić information content (AvgIpc) is 2.38. The number of piperidine rings is 1. The molecule has 2 saturated heterocycles. The van der Waals surface area contributed by atoms with Gasteiger partial charge in [-0.05, 0) is 39.8 Å². The highest BCUT2D eigenvalue weighted by Gasteiger charge is 2.51. The zero-order chi connectivity index (χ0) is 10.2. The van der Waals surface area contributed by atoms with Crippen LogP contribution in [0.1, 0.15) is 33.1 Å². The lowest BCUT2D eigenvalue weighted by Gasteiger charge is -2.35. The molecule has 1 N–H and O–H groups in total. The van der Waals surface area contributed by atoms with E-state index in [0.29, 0.717) is 0 Å². The maximum absolute atomic E-state index is 10.7. The predicted octanol–water partition coefficient (Wildman–Crippen LogP) is 1.44. The molecule has 1 unspecified atom stereocenters. The third-order valence-electron chi connectivity index (χ3n) is 3.49. The normalized spacial score (nSPS) is 34.6. The summed E-state index contributed by atoms with van der Waals surface area (Å²) < 4.78 is 6.05. The Morgan fingerprint density at radius 1 is 1.36 bits per heavy atom. The molecule has 14 heavy (non-hydrogen) atoms. The van der Waals surface area contributed by atoms with Crippen LogP contribution in [0.25, 0.3) is 0 Å². The third-order valence-corrected chi connectivity index (χ3v) is 3.49. The van der Waals surface area contributed by atoms with Crippen molar-refractivity contribution in [3.63, 3.8) is 0 Å². The van der Waals surface area contributed by atoms with Crippen LogP contribution in [0.5, 0.6) is 0 Å². The molecule has 4 heteroatoms. The number of hydrogen-bond donors (Lipinski definition) is 1. The summed E-state index contributed by atoms with van der Waals surface area (Å²) in [6, 6.07) is -0.180. The fourth-order valence-electron chi connectivity index (χ4n) is 2.62. The lowest BCUT2D eigenvalue weighted by molar-refractivity contribution is -0.101. The first-order valence-electron chi connectivity index (χ1n) is 5.31. The van der Waals surface area contributed by atoms with Crippen LogP contribution in [0.2, 0.25) is 0 Å².